The molecule has 0 saturated heterocycles. The molecule has 1 rings (SSSR count). The first-order valence-electron chi connectivity index (χ1n) is 3.86. The lowest BCUT2D eigenvalue weighted by Gasteiger charge is -2.13. The van der Waals surface area contributed by atoms with E-state index in [0.29, 0.717) is 0 Å². The SMILES string of the molecule is NC(=O)c1ccc(N)c(OC(F)(F)F)c1Cl. The van der Waals surface area contributed by atoms with Gasteiger partial charge in [-0.15, -0.1) is 13.2 Å². The zero-order valence-electron chi connectivity index (χ0n) is 7.64. The van der Waals surface area contributed by atoms with E-state index in [1.54, 1.807) is 0 Å². The molecule has 1 aromatic rings. The van der Waals surface area contributed by atoms with E-state index in [-0.39, 0.29) is 11.3 Å². The first-order chi connectivity index (χ1) is 7.22. The topological polar surface area (TPSA) is 78.3 Å². The highest BCUT2D eigenvalue weighted by molar-refractivity contribution is 6.35. The number of primary amides is 1. The van der Waals surface area contributed by atoms with Crippen molar-refractivity contribution >= 4 is 23.2 Å². The highest BCUT2D eigenvalue weighted by Crippen LogP contribution is 2.37. The van der Waals surface area contributed by atoms with E-state index in [1.165, 1.54) is 0 Å². The summed E-state index contributed by atoms with van der Waals surface area (Å²) < 4.78 is 39.5. The molecule has 4 N–H and O–H groups in total. The maximum Gasteiger partial charge on any atom is 0.573 e. The minimum atomic E-state index is -4.95. The van der Waals surface area contributed by atoms with Gasteiger partial charge in [0, 0.05) is 0 Å². The standard InChI is InChI=1S/C8H6ClF3N2O2/c9-5-3(7(14)15)1-2-4(13)6(5)16-8(10,11)12/h1-2H,13H2,(H2,14,15). The third kappa shape index (κ3) is 2.69. The predicted octanol–water partition coefficient (Wildman–Crippen LogP) is 1.92. The molecule has 88 valence electrons. The van der Waals surface area contributed by atoms with Gasteiger partial charge in [-0.05, 0) is 12.1 Å². The fourth-order valence-corrected chi connectivity index (χ4v) is 1.28. The summed E-state index contributed by atoms with van der Waals surface area (Å²) in [5, 5.41) is -0.565. The highest BCUT2D eigenvalue weighted by atomic mass is 35.5. The van der Waals surface area contributed by atoms with Crippen molar-refractivity contribution in [1.82, 2.24) is 0 Å². The summed E-state index contributed by atoms with van der Waals surface area (Å²) in [6, 6.07) is 2.16. The molecule has 0 fully saturated rings. The molecule has 0 aliphatic rings. The van der Waals surface area contributed by atoms with Crippen LogP contribution in [0.25, 0.3) is 0 Å². The van der Waals surface area contributed by atoms with Gasteiger partial charge < -0.3 is 16.2 Å². The molecule has 0 radical (unpaired) electrons. The van der Waals surface area contributed by atoms with Gasteiger partial charge in [-0.2, -0.15) is 0 Å². The fourth-order valence-electron chi connectivity index (χ4n) is 0.981. The summed E-state index contributed by atoms with van der Waals surface area (Å²) in [5.41, 5.74) is 9.50. The Bertz CT molecular complexity index is 434. The van der Waals surface area contributed by atoms with E-state index in [9.17, 15) is 18.0 Å². The molecule has 0 bridgehead atoms. The molecule has 0 aliphatic carbocycles. The van der Waals surface area contributed by atoms with Crippen LogP contribution in [0, 0.1) is 0 Å². The van der Waals surface area contributed by atoms with Gasteiger partial charge in [0.25, 0.3) is 0 Å². The van der Waals surface area contributed by atoms with E-state index in [1.807, 2.05) is 0 Å². The highest BCUT2D eigenvalue weighted by Gasteiger charge is 2.33. The Kier molecular flexibility index (Phi) is 3.18. The van der Waals surface area contributed by atoms with Crippen LogP contribution in [0.4, 0.5) is 18.9 Å². The quantitative estimate of drug-likeness (QED) is 0.792. The lowest BCUT2D eigenvalue weighted by atomic mass is 10.2. The summed E-state index contributed by atoms with van der Waals surface area (Å²) in [6.45, 7) is 0. The summed E-state index contributed by atoms with van der Waals surface area (Å²) in [6.07, 6.45) is -4.95. The summed E-state index contributed by atoms with van der Waals surface area (Å²) in [4.78, 5) is 10.8. The largest absolute Gasteiger partial charge is 0.573 e. The maximum atomic E-state index is 12.0. The van der Waals surface area contributed by atoms with Gasteiger partial charge in [0.2, 0.25) is 5.91 Å². The van der Waals surface area contributed by atoms with Crippen LogP contribution in [-0.4, -0.2) is 12.3 Å². The Labute approximate surface area is 92.9 Å². The lowest BCUT2D eigenvalue weighted by molar-refractivity contribution is -0.274. The number of amides is 1. The zero-order valence-corrected chi connectivity index (χ0v) is 8.39. The molecule has 1 aromatic carbocycles. The van der Waals surface area contributed by atoms with E-state index in [0.717, 1.165) is 12.1 Å². The molecule has 16 heavy (non-hydrogen) atoms. The van der Waals surface area contributed by atoms with Gasteiger partial charge in [-0.25, -0.2) is 0 Å². The fraction of sp³-hybridized carbons (Fsp3) is 0.125. The number of rotatable bonds is 2. The van der Waals surface area contributed by atoms with Gasteiger partial charge in [-0.3, -0.25) is 4.79 Å². The second-order valence-corrected chi connectivity index (χ2v) is 3.14. The third-order valence-corrected chi connectivity index (χ3v) is 1.99. The molecule has 0 heterocycles. The average molecular weight is 255 g/mol. The Hall–Kier alpha value is -1.63. The molecule has 0 atom stereocenters. The molecule has 0 spiro atoms. The van der Waals surface area contributed by atoms with Crippen molar-refractivity contribution in [3.63, 3.8) is 0 Å². The molecule has 0 saturated carbocycles. The minimum Gasteiger partial charge on any atom is -0.402 e. The number of hydrogen-bond donors (Lipinski definition) is 2. The van der Waals surface area contributed by atoms with Gasteiger partial charge in [0.1, 0.15) is 0 Å². The van der Waals surface area contributed by atoms with Crippen molar-refractivity contribution in [2.24, 2.45) is 5.73 Å². The molecule has 8 heteroatoms. The number of halogens is 4. The number of ether oxygens (including phenoxy) is 1. The second kappa shape index (κ2) is 4.09. The smallest absolute Gasteiger partial charge is 0.402 e. The van der Waals surface area contributed by atoms with Gasteiger partial charge in [-0.1, -0.05) is 11.6 Å². The normalized spacial score (nSPS) is 11.2. The van der Waals surface area contributed by atoms with E-state index in [2.05, 4.69) is 4.74 Å². The summed E-state index contributed by atoms with van der Waals surface area (Å²) >= 11 is 5.51. The monoisotopic (exact) mass is 254 g/mol. The number of anilines is 1. The van der Waals surface area contributed by atoms with E-state index in [4.69, 9.17) is 23.1 Å². The molecular formula is C8H6ClF3N2O2. The van der Waals surface area contributed by atoms with E-state index < -0.39 is 23.0 Å². The van der Waals surface area contributed by atoms with Crippen molar-refractivity contribution in [1.29, 1.82) is 0 Å². The number of nitrogens with two attached hydrogens (primary N) is 2. The zero-order chi connectivity index (χ0) is 12.5. The lowest BCUT2D eigenvalue weighted by Crippen LogP contribution is -2.19. The van der Waals surface area contributed by atoms with E-state index >= 15 is 0 Å². The van der Waals surface area contributed by atoms with Crippen LogP contribution in [0.3, 0.4) is 0 Å². The van der Waals surface area contributed by atoms with Crippen molar-refractivity contribution in [2.75, 3.05) is 5.73 Å². The summed E-state index contributed by atoms with van der Waals surface area (Å²) in [5.74, 6) is -1.80. The van der Waals surface area contributed by atoms with Crippen molar-refractivity contribution in [2.45, 2.75) is 6.36 Å². The van der Waals surface area contributed by atoms with Crippen LogP contribution < -0.4 is 16.2 Å². The number of hydrogen-bond acceptors (Lipinski definition) is 3. The van der Waals surface area contributed by atoms with Gasteiger partial charge >= 0.3 is 6.36 Å². The Morgan fingerprint density at radius 3 is 2.38 bits per heavy atom. The first kappa shape index (κ1) is 12.4. The summed E-state index contributed by atoms with van der Waals surface area (Å²) in [7, 11) is 0. The van der Waals surface area contributed by atoms with Crippen molar-refractivity contribution < 1.29 is 22.7 Å². The molecule has 0 aromatic heterocycles. The molecule has 0 aliphatic heterocycles. The Morgan fingerprint density at radius 1 is 1.38 bits per heavy atom. The molecule has 4 nitrogen and oxygen atoms in total. The molecule has 0 unspecified atom stereocenters. The number of nitrogen functional groups attached to an aromatic ring is 1. The maximum absolute atomic E-state index is 12.0. The van der Waals surface area contributed by atoms with Crippen LogP contribution in [0.15, 0.2) is 12.1 Å². The number of alkyl halides is 3. The van der Waals surface area contributed by atoms with Crippen molar-refractivity contribution in [3.8, 4) is 5.75 Å². The van der Waals surface area contributed by atoms with Gasteiger partial charge in [0.05, 0.1) is 16.3 Å². The number of benzene rings is 1. The minimum absolute atomic E-state index is 0.296. The molecular weight excluding hydrogens is 249 g/mol. The van der Waals surface area contributed by atoms with Crippen molar-refractivity contribution in [3.05, 3.63) is 22.7 Å². The van der Waals surface area contributed by atoms with Crippen LogP contribution in [-0.2, 0) is 0 Å². The predicted molar refractivity (Wildman–Crippen MR) is 51.1 cm³/mol. The van der Waals surface area contributed by atoms with Crippen LogP contribution in [0.5, 0.6) is 5.75 Å². The van der Waals surface area contributed by atoms with Crippen LogP contribution in [0.2, 0.25) is 5.02 Å². The number of carbonyl (C=O) groups is 1. The van der Waals surface area contributed by atoms with Crippen LogP contribution >= 0.6 is 11.6 Å². The second-order valence-electron chi connectivity index (χ2n) is 2.76. The average Bonchev–Trinajstić information content (AvgIpc) is 2.10. The third-order valence-electron chi connectivity index (χ3n) is 1.61. The number of carbonyl (C=O) groups excluding carboxylic acids is 1. The van der Waals surface area contributed by atoms with Gasteiger partial charge in [0.15, 0.2) is 5.75 Å². The van der Waals surface area contributed by atoms with Crippen LogP contribution in [0.1, 0.15) is 10.4 Å². The first-order valence-corrected chi connectivity index (χ1v) is 4.23. The Morgan fingerprint density at radius 2 is 1.94 bits per heavy atom. The Balaban J connectivity index is 3.27. The molecule has 1 amide bonds.